The highest BCUT2D eigenvalue weighted by molar-refractivity contribution is 5.86. The van der Waals surface area contributed by atoms with Gasteiger partial charge in [0.2, 0.25) is 5.91 Å². The van der Waals surface area contributed by atoms with Crippen LogP contribution in [0.4, 0.5) is 0 Å². The summed E-state index contributed by atoms with van der Waals surface area (Å²) in [5.74, 6) is 0.0551. The van der Waals surface area contributed by atoms with E-state index in [0.717, 1.165) is 25.7 Å². The minimum absolute atomic E-state index is 0.0112. The third kappa shape index (κ3) is 5.87. The first-order valence-corrected chi connectivity index (χ1v) is 9.11. The van der Waals surface area contributed by atoms with Crippen molar-refractivity contribution in [2.75, 3.05) is 6.61 Å². The summed E-state index contributed by atoms with van der Waals surface area (Å²) in [5, 5.41) is 2.72. The fourth-order valence-electron chi connectivity index (χ4n) is 3.36. The van der Waals surface area contributed by atoms with Crippen molar-refractivity contribution in [3.8, 4) is 0 Å². The van der Waals surface area contributed by atoms with Crippen LogP contribution in [0.15, 0.2) is 30.2 Å². The van der Waals surface area contributed by atoms with Crippen LogP contribution in [0.1, 0.15) is 58.9 Å². The second-order valence-electron chi connectivity index (χ2n) is 6.98. The zero-order chi connectivity index (χ0) is 22.6. The maximum atomic E-state index is 12.8. The number of hydrogen-bond acceptors (Lipinski definition) is 3. The number of hydrogen-bond donors (Lipinski definition) is 1. The Kier molecular flexibility index (Phi) is 5.13. The Morgan fingerprint density at radius 3 is 2.40 bits per heavy atom. The fraction of sp³-hybridized carbons (Fsp3) is 0.619. The lowest BCUT2D eigenvalue weighted by molar-refractivity contribution is -0.148. The van der Waals surface area contributed by atoms with E-state index in [4.69, 9.17) is 11.6 Å². The topological polar surface area (TPSA) is 55.4 Å². The molecule has 1 aliphatic rings. The van der Waals surface area contributed by atoms with Gasteiger partial charge in [0.1, 0.15) is 6.04 Å². The maximum Gasteiger partial charge on any atom is 0.328 e. The molecule has 1 fully saturated rings. The first kappa shape index (κ1) is 13.4. The predicted molar refractivity (Wildman–Crippen MR) is 99.0 cm³/mol. The number of carbonyl (C=O) groups excluding carboxylic acids is 2. The highest BCUT2D eigenvalue weighted by atomic mass is 16.5. The molecule has 138 valence electrons. The summed E-state index contributed by atoms with van der Waals surface area (Å²) in [6.45, 7) is 6.13. The van der Waals surface area contributed by atoms with E-state index in [1.165, 1.54) is 0 Å². The van der Waals surface area contributed by atoms with E-state index in [2.05, 4.69) is 19.2 Å². The number of rotatable bonds is 7. The average molecular weight is 351 g/mol. The molecule has 0 unspecified atom stereocenters. The van der Waals surface area contributed by atoms with Crippen molar-refractivity contribution in [3.63, 3.8) is 0 Å². The third-order valence-corrected chi connectivity index (χ3v) is 4.93. The molecule has 1 aromatic carbocycles. The van der Waals surface area contributed by atoms with Crippen molar-refractivity contribution in [1.29, 1.82) is 0 Å². The van der Waals surface area contributed by atoms with Crippen LogP contribution < -0.4 is 5.32 Å². The Hall–Kier alpha value is -1.84. The summed E-state index contributed by atoms with van der Waals surface area (Å²) in [6, 6.07) is -3.28. The molecule has 0 bridgehead atoms. The van der Waals surface area contributed by atoms with Crippen molar-refractivity contribution in [1.82, 2.24) is 5.32 Å². The Morgan fingerprint density at radius 1 is 1.20 bits per heavy atom. The number of esters is 1. The summed E-state index contributed by atoms with van der Waals surface area (Å²) in [5.41, 5.74) is -0.0112. The molecule has 0 aliphatic heterocycles. The molecule has 4 nitrogen and oxygen atoms in total. The first-order valence-electron chi connectivity index (χ1n) is 11.6. The zero-order valence-electron chi connectivity index (χ0n) is 20.3. The molecule has 0 heterocycles. The van der Waals surface area contributed by atoms with Gasteiger partial charge in [-0.15, -0.1) is 0 Å². The van der Waals surface area contributed by atoms with E-state index in [9.17, 15) is 9.59 Å². The van der Waals surface area contributed by atoms with Gasteiger partial charge in [0.25, 0.3) is 0 Å². The molecule has 0 spiro atoms. The van der Waals surface area contributed by atoms with Gasteiger partial charge in [0.15, 0.2) is 0 Å². The number of carbonyl (C=O) groups is 2. The van der Waals surface area contributed by atoms with Crippen molar-refractivity contribution in [3.05, 3.63) is 35.8 Å². The van der Waals surface area contributed by atoms with E-state index in [1.54, 1.807) is 6.92 Å². The molecule has 1 saturated carbocycles. The molecule has 4 heteroatoms. The van der Waals surface area contributed by atoms with Gasteiger partial charge >= 0.3 is 5.97 Å². The van der Waals surface area contributed by atoms with Crippen molar-refractivity contribution in [2.24, 2.45) is 17.8 Å². The van der Waals surface area contributed by atoms with Gasteiger partial charge < -0.3 is 10.1 Å². The molecule has 1 aromatic rings. The van der Waals surface area contributed by atoms with Crippen LogP contribution in [-0.2, 0) is 20.7 Å². The third-order valence-electron chi connectivity index (χ3n) is 4.93. The minimum atomic E-state index is -1.11. The fourth-order valence-corrected chi connectivity index (χ4v) is 3.36. The highest BCUT2D eigenvalue weighted by Crippen LogP contribution is 2.33. The van der Waals surface area contributed by atoms with Gasteiger partial charge in [0, 0.05) is 12.3 Å². The molecule has 1 aliphatic carbocycles. The summed E-state index contributed by atoms with van der Waals surface area (Å²) >= 11 is 0. The zero-order valence-corrected chi connectivity index (χ0v) is 15.3. The Balaban J connectivity index is 2.20. The van der Waals surface area contributed by atoms with Gasteiger partial charge in [-0.25, -0.2) is 4.79 Å². The Bertz CT molecular complexity index is 762. The van der Waals surface area contributed by atoms with Crippen LogP contribution in [0.2, 0.25) is 0 Å². The van der Waals surface area contributed by atoms with Crippen molar-refractivity contribution in [2.45, 2.75) is 58.9 Å². The van der Waals surface area contributed by atoms with Crippen molar-refractivity contribution >= 4 is 11.9 Å². The largest absolute Gasteiger partial charge is 0.464 e. The van der Waals surface area contributed by atoms with Gasteiger partial charge in [-0.05, 0) is 50.0 Å². The summed E-state index contributed by atoms with van der Waals surface area (Å²) in [7, 11) is 0. The molecule has 0 saturated heterocycles. The quantitative estimate of drug-likeness (QED) is 0.762. The lowest BCUT2D eigenvalue weighted by atomic mass is 9.76. The molecule has 0 aromatic heterocycles. The minimum Gasteiger partial charge on any atom is -0.464 e. The second kappa shape index (κ2) is 9.59. The molecule has 2 rings (SSSR count). The van der Waals surface area contributed by atoms with Crippen LogP contribution in [0.25, 0.3) is 0 Å². The lowest BCUT2D eigenvalue weighted by Gasteiger charge is -2.31. The lowest BCUT2D eigenvalue weighted by Crippen LogP contribution is -2.46. The monoisotopic (exact) mass is 350 g/mol. The summed E-state index contributed by atoms with van der Waals surface area (Å²) < 4.78 is 44.5. The molecule has 1 N–H and O–H groups in total. The van der Waals surface area contributed by atoms with Gasteiger partial charge in [-0.2, -0.15) is 0 Å². The van der Waals surface area contributed by atoms with Gasteiger partial charge in [0.05, 0.1) is 13.5 Å². The van der Waals surface area contributed by atoms with E-state index >= 15 is 0 Å². The smallest absolute Gasteiger partial charge is 0.328 e. The van der Waals surface area contributed by atoms with Gasteiger partial charge in [-0.1, -0.05) is 44.1 Å². The van der Waals surface area contributed by atoms with E-state index in [1.807, 2.05) is 0 Å². The van der Waals surface area contributed by atoms with Crippen LogP contribution in [0.3, 0.4) is 0 Å². The normalized spacial score (nSPS) is 24.4. The number of benzene rings is 1. The van der Waals surface area contributed by atoms with E-state index in [-0.39, 0.29) is 42.5 Å². The standard InChI is InChI=1S/C21H31NO3/c1-4-25-21(24)19(14-16-8-6-5-7-9-16)22-20(23)18-12-10-17(11-13-18)15(2)3/h5-9,15,17-19H,4,10-14H2,1-3H3,(H,22,23)/t17?,18?,19-/m1/s1/i5D,6D,7D,8D,9D. The molecule has 1 amide bonds. The Labute approximate surface area is 158 Å². The predicted octanol–water partition coefficient (Wildman–Crippen LogP) is 3.74. The van der Waals surface area contributed by atoms with Crippen LogP contribution in [0.5, 0.6) is 0 Å². The molecular weight excluding hydrogens is 314 g/mol. The molecule has 25 heavy (non-hydrogen) atoms. The van der Waals surface area contributed by atoms with Crippen LogP contribution in [0, 0.1) is 17.8 Å². The van der Waals surface area contributed by atoms with Crippen LogP contribution >= 0.6 is 0 Å². The summed E-state index contributed by atoms with van der Waals surface area (Å²) in [4.78, 5) is 25.3. The van der Waals surface area contributed by atoms with E-state index in [0.29, 0.717) is 11.8 Å². The van der Waals surface area contributed by atoms with Gasteiger partial charge in [-0.3, -0.25) is 4.79 Å². The SMILES string of the molecule is [2H]c1c([2H])c([2H])c(C[C@@H](NC(=O)C2CCC(C(C)C)CC2)C(=O)OCC)c([2H])c1[2H]. The van der Waals surface area contributed by atoms with Crippen molar-refractivity contribution < 1.29 is 21.2 Å². The first-order chi connectivity index (χ1) is 14.1. The summed E-state index contributed by atoms with van der Waals surface area (Å²) in [6.07, 6.45) is 3.20. The molecule has 0 radical (unpaired) electrons. The van der Waals surface area contributed by atoms with Crippen LogP contribution in [-0.4, -0.2) is 24.5 Å². The molecule has 1 atom stereocenters. The second-order valence-corrected chi connectivity index (χ2v) is 6.98. The van der Waals surface area contributed by atoms with E-state index < -0.39 is 30.1 Å². The molecular formula is C21H31NO3. The number of ether oxygens (including phenoxy) is 1. The maximum absolute atomic E-state index is 12.8. The average Bonchev–Trinajstić information content (AvgIpc) is 2.73. The number of amides is 1. The number of nitrogens with one attached hydrogen (secondary N) is 1. The Morgan fingerprint density at radius 2 is 1.84 bits per heavy atom. The highest BCUT2D eigenvalue weighted by Gasteiger charge is 2.30.